The van der Waals surface area contributed by atoms with Gasteiger partial charge >= 0.3 is 5.43 Å². The highest BCUT2D eigenvalue weighted by Gasteiger charge is 2.07. The predicted molar refractivity (Wildman–Crippen MR) is 43.0 cm³/mol. The van der Waals surface area contributed by atoms with Gasteiger partial charge in [0.1, 0.15) is 0 Å². The van der Waals surface area contributed by atoms with Crippen molar-refractivity contribution in [1.82, 2.24) is 0 Å². The van der Waals surface area contributed by atoms with Gasteiger partial charge in [-0.15, -0.1) is 0 Å². The van der Waals surface area contributed by atoms with Crippen molar-refractivity contribution in [2.24, 2.45) is 0 Å². The number of carbonyl (C=O) groups is 1. The van der Waals surface area contributed by atoms with Gasteiger partial charge in [0.15, 0.2) is 11.6 Å². The van der Waals surface area contributed by atoms with E-state index >= 15 is 0 Å². The van der Waals surface area contributed by atoms with Crippen molar-refractivity contribution >= 4 is 17.0 Å². The molecule has 0 fully saturated rings. The fourth-order valence-corrected chi connectivity index (χ4v) is 0.823. The molecule has 0 aliphatic rings. The molecule has 0 spiro atoms. The Hall–Kier alpha value is -1.60. The Morgan fingerprint density at radius 1 is 1.62 bits per heavy atom. The normalized spacial score (nSPS) is 9.00. The summed E-state index contributed by atoms with van der Waals surface area (Å²) in [5, 5.41) is 8.38. The molecule has 0 amide bonds. The highest BCUT2D eigenvalue weighted by Crippen LogP contribution is 2.18. The van der Waals surface area contributed by atoms with Crippen molar-refractivity contribution in [2.45, 2.75) is 0 Å². The second-order valence-corrected chi connectivity index (χ2v) is 2.41. The predicted octanol–water partition coefficient (Wildman–Crippen LogP) is 2.43. The minimum absolute atomic E-state index is 0.145. The molecular formula is C8H3ClFNO2. The maximum Gasteiger partial charge on any atom is 0.409 e. The van der Waals surface area contributed by atoms with Gasteiger partial charge < -0.3 is 4.74 Å². The number of halogens is 2. The van der Waals surface area contributed by atoms with E-state index < -0.39 is 11.2 Å². The van der Waals surface area contributed by atoms with Gasteiger partial charge in [-0.25, -0.2) is 9.18 Å². The largest absolute Gasteiger partial charge is 0.411 e. The number of ether oxygens (including phenoxy) is 1. The minimum Gasteiger partial charge on any atom is -0.411 e. The van der Waals surface area contributed by atoms with Crippen LogP contribution >= 0.6 is 11.6 Å². The topological polar surface area (TPSA) is 50.1 Å². The fraction of sp³-hybridized carbons (Fsp3) is 0. The minimum atomic E-state index is -1.12. The van der Waals surface area contributed by atoms with Crippen LogP contribution in [0, 0.1) is 17.1 Å². The van der Waals surface area contributed by atoms with Crippen LogP contribution in [0.3, 0.4) is 0 Å². The summed E-state index contributed by atoms with van der Waals surface area (Å²) in [5.74, 6) is -1.09. The van der Waals surface area contributed by atoms with E-state index in [1.165, 1.54) is 6.07 Å². The van der Waals surface area contributed by atoms with Crippen molar-refractivity contribution in [3.8, 4) is 11.8 Å². The fourth-order valence-electron chi connectivity index (χ4n) is 0.740. The van der Waals surface area contributed by atoms with E-state index in [1.54, 1.807) is 6.07 Å². The second-order valence-electron chi connectivity index (χ2n) is 2.10. The zero-order chi connectivity index (χ0) is 9.84. The number of carbonyl (C=O) groups excluding carboxylic acids is 1. The van der Waals surface area contributed by atoms with Gasteiger partial charge in [0, 0.05) is 11.6 Å². The second kappa shape index (κ2) is 3.87. The van der Waals surface area contributed by atoms with Crippen LogP contribution in [-0.2, 0) is 0 Å². The van der Waals surface area contributed by atoms with Gasteiger partial charge in [-0.3, -0.25) is 0 Å². The smallest absolute Gasteiger partial charge is 0.409 e. The highest BCUT2D eigenvalue weighted by atomic mass is 35.5. The van der Waals surface area contributed by atoms with E-state index in [1.807, 2.05) is 0 Å². The monoisotopic (exact) mass is 199 g/mol. The Bertz CT molecular complexity index is 386. The standard InChI is InChI=1S/C8H3ClFNO2/c9-8(12)13-7-2-1-5(4-11)3-6(7)10/h1-3H. The molecule has 0 unspecified atom stereocenters. The van der Waals surface area contributed by atoms with Crippen LogP contribution in [0.4, 0.5) is 9.18 Å². The molecule has 0 N–H and O–H groups in total. The number of hydrogen-bond acceptors (Lipinski definition) is 3. The molecule has 3 nitrogen and oxygen atoms in total. The first-order valence-electron chi connectivity index (χ1n) is 3.20. The molecule has 0 bridgehead atoms. The Balaban J connectivity index is 3.00. The van der Waals surface area contributed by atoms with Crippen LogP contribution in [0.5, 0.6) is 5.75 Å². The summed E-state index contributed by atoms with van der Waals surface area (Å²) < 4.78 is 17.2. The zero-order valence-corrected chi connectivity index (χ0v) is 7.01. The molecule has 0 heterocycles. The van der Waals surface area contributed by atoms with Crippen molar-refractivity contribution < 1.29 is 13.9 Å². The SMILES string of the molecule is N#Cc1ccc(OC(=O)Cl)c(F)c1. The molecule has 0 saturated carbocycles. The zero-order valence-electron chi connectivity index (χ0n) is 6.25. The average molecular weight is 200 g/mol. The molecule has 1 aromatic rings. The molecule has 0 radical (unpaired) electrons. The third-order valence-electron chi connectivity index (χ3n) is 1.25. The van der Waals surface area contributed by atoms with Gasteiger partial charge in [0.2, 0.25) is 0 Å². The quantitative estimate of drug-likeness (QED) is 0.653. The first-order chi connectivity index (χ1) is 6.13. The molecule has 0 aromatic heterocycles. The van der Waals surface area contributed by atoms with E-state index in [9.17, 15) is 9.18 Å². The molecule has 66 valence electrons. The molecule has 1 aromatic carbocycles. The number of benzene rings is 1. The van der Waals surface area contributed by atoms with Gasteiger partial charge in [0.25, 0.3) is 0 Å². The lowest BCUT2D eigenvalue weighted by Crippen LogP contribution is -1.98. The summed E-state index contributed by atoms with van der Waals surface area (Å²) in [4.78, 5) is 10.2. The molecule has 1 rings (SSSR count). The molecule has 5 heteroatoms. The first kappa shape index (κ1) is 9.49. The van der Waals surface area contributed by atoms with Crippen LogP contribution in [0.1, 0.15) is 5.56 Å². The van der Waals surface area contributed by atoms with Crippen LogP contribution in [0.15, 0.2) is 18.2 Å². The van der Waals surface area contributed by atoms with Gasteiger partial charge in [0.05, 0.1) is 11.6 Å². The summed E-state index contributed by atoms with van der Waals surface area (Å²) >= 11 is 4.87. The Labute approximate surface area is 78.3 Å². The summed E-state index contributed by atoms with van der Waals surface area (Å²) in [6, 6.07) is 5.17. The third-order valence-corrected chi connectivity index (χ3v) is 1.33. The maximum absolute atomic E-state index is 12.9. The molecule has 0 aliphatic carbocycles. The lowest BCUT2D eigenvalue weighted by molar-refractivity contribution is 0.223. The van der Waals surface area contributed by atoms with Crippen LogP contribution in [0.25, 0.3) is 0 Å². The molecular weight excluding hydrogens is 197 g/mol. The highest BCUT2D eigenvalue weighted by molar-refractivity contribution is 6.61. The number of rotatable bonds is 1. The molecule has 0 saturated heterocycles. The summed E-state index contributed by atoms with van der Waals surface area (Å²) in [6.07, 6.45) is 0. The van der Waals surface area contributed by atoms with Crippen molar-refractivity contribution in [2.75, 3.05) is 0 Å². The van der Waals surface area contributed by atoms with E-state index in [0.717, 1.165) is 12.1 Å². The number of nitrogens with zero attached hydrogens (tertiary/aromatic N) is 1. The Morgan fingerprint density at radius 2 is 2.31 bits per heavy atom. The summed E-state index contributed by atoms with van der Waals surface area (Å²) in [5.41, 5.74) is -0.976. The van der Waals surface area contributed by atoms with Crippen LogP contribution in [0.2, 0.25) is 0 Å². The van der Waals surface area contributed by atoms with Gasteiger partial charge in [-0.05, 0) is 18.2 Å². The van der Waals surface area contributed by atoms with Crippen LogP contribution < -0.4 is 4.74 Å². The molecule has 0 aliphatic heterocycles. The number of nitriles is 1. The lowest BCUT2D eigenvalue weighted by Gasteiger charge is -2.00. The van der Waals surface area contributed by atoms with Crippen molar-refractivity contribution in [3.63, 3.8) is 0 Å². The van der Waals surface area contributed by atoms with E-state index in [4.69, 9.17) is 16.9 Å². The van der Waals surface area contributed by atoms with E-state index in [0.29, 0.717) is 0 Å². The van der Waals surface area contributed by atoms with Crippen molar-refractivity contribution in [1.29, 1.82) is 5.26 Å². The molecule has 0 atom stereocenters. The lowest BCUT2D eigenvalue weighted by atomic mass is 10.2. The Morgan fingerprint density at radius 3 is 2.77 bits per heavy atom. The Kier molecular flexibility index (Phi) is 2.83. The molecule has 13 heavy (non-hydrogen) atoms. The first-order valence-corrected chi connectivity index (χ1v) is 3.58. The van der Waals surface area contributed by atoms with Gasteiger partial charge in [-0.2, -0.15) is 5.26 Å². The summed E-state index contributed by atoms with van der Waals surface area (Å²) in [7, 11) is 0. The third kappa shape index (κ3) is 2.42. The van der Waals surface area contributed by atoms with Gasteiger partial charge in [-0.1, -0.05) is 0 Å². The number of hydrogen-bond donors (Lipinski definition) is 0. The van der Waals surface area contributed by atoms with E-state index in [-0.39, 0.29) is 11.3 Å². The maximum atomic E-state index is 12.9. The van der Waals surface area contributed by atoms with Crippen molar-refractivity contribution in [3.05, 3.63) is 29.6 Å². The van der Waals surface area contributed by atoms with E-state index in [2.05, 4.69) is 4.74 Å². The average Bonchev–Trinajstić information content (AvgIpc) is 2.08. The van der Waals surface area contributed by atoms with Crippen LogP contribution in [-0.4, -0.2) is 5.43 Å². The summed E-state index contributed by atoms with van der Waals surface area (Å²) in [6.45, 7) is 0.